The Morgan fingerprint density at radius 2 is 1.53 bits per heavy atom. The van der Waals surface area contributed by atoms with Crippen molar-refractivity contribution >= 4 is 5.91 Å². The van der Waals surface area contributed by atoms with Gasteiger partial charge in [0.15, 0.2) is 11.5 Å². The Hall–Kier alpha value is -2.53. The standard InChI is InChI=1S/C25H32N2O3/c1-29-23-10-8-20(16-24(23)30-2)18-26-11-13-27(14-12-26)25(28)17-19-7-9-21-5-3-4-6-22(21)15-19/h7-10,15-16H,3-6,11-14,17-18H2,1-2H3. The lowest BCUT2D eigenvalue weighted by atomic mass is 9.90. The van der Waals surface area contributed by atoms with Crippen LogP contribution in [0.2, 0.25) is 0 Å². The van der Waals surface area contributed by atoms with Crippen LogP contribution in [0.5, 0.6) is 11.5 Å². The van der Waals surface area contributed by atoms with E-state index in [1.807, 2.05) is 17.0 Å². The second kappa shape index (κ2) is 9.52. The number of carbonyl (C=O) groups excluding carboxylic acids is 1. The average molecular weight is 409 g/mol. The van der Waals surface area contributed by atoms with Gasteiger partial charge in [-0.1, -0.05) is 24.3 Å². The Balaban J connectivity index is 1.29. The Kier molecular flexibility index (Phi) is 6.58. The van der Waals surface area contributed by atoms with E-state index >= 15 is 0 Å². The van der Waals surface area contributed by atoms with Crippen LogP contribution in [-0.2, 0) is 30.6 Å². The molecule has 2 aromatic carbocycles. The second-order valence-electron chi connectivity index (χ2n) is 8.33. The molecule has 5 heteroatoms. The van der Waals surface area contributed by atoms with Crippen LogP contribution >= 0.6 is 0 Å². The van der Waals surface area contributed by atoms with Crippen LogP contribution in [0.25, 0.3) is 0 Å². The Morgan fingerprint density at radius 3 is 2.27 bits per heavy atom. The van der Waals surface area contributed by atoms with Crippen molar-refractivity contribution in [2.24, 2.45) is 0 Å². The van der Waals surface area contributed by atoms with Gasteiger partial charge in [0.2, 0.25) is 5.91 Å². The zero-order valence-corrected chi connectivity index (χ0v) is 18.2. The molecule has 0 saturated carbocycles. The zero-order chi connectivity index (χ0) is 20.9. The van der Waals surface area contributed by atoms with Gasteiger partial charge in [-0.15, -0.1) is 0 Å². The van der Waals surface area contributed by atoms with Crippen LogP contribution in [0, 0.1) is 0 Å². The van der Waals surface area contributed by atoms with Gasteiger partial charge in [-0.3, -0.25) is 9.69 Å². The lowest BCUT2D eigenvalue weighted by Gasteiger charge is -2.35. The fourth-order valence-corrected chi connectivity index (χ4v) is 4.58. The highest BCUT2D eigenvalue weighted by molar-refractivity contribution is 5.79. The monoisotopic (exact) mass is 408 g/mol. The molecular formula is C25H32N2O3. The fraction of sp³-hybridized carbons (Fsp3) is 0.480. The summed E-state index contributed by atoms with van der Waals surface area (Å²) in [5.74, 6) is 1.75. The molecule has 0 aromatic heterocycles. The molecule has 0 unspecified atom stereocenters. The fourth-order valence-electron chi connectivity index (χ4n) is 4.58. The summed E-state index contributed by atoms with van der Waals surface area (Å²) in [6.07, 6.45) is 5.42. The van der Waals surface area contributed by atoms with Crippen LogP contribution in [0.3, 0.4) is 0 Å². The highest BCUT2D eigenvalue weighted by atomic mass is 16.5. The van der Waals surface area contributed by atoms with Gasteiger partial charge in [-0.2, -0.15) is 0 Å². The van der Waals surface area contributed by atoms with Crippen molar-refractivity contribution in [1.29, 1.82) is 0 Å². The summed E-state index contributed by atoms with van der Waals surface area (Å²) in [5, 5.41) is 0. The predicted molar refractivity (Wildman–Crippen MR) is 118 cm³/mol. The lowest BCUT2D eigenvalue weighted by molar-refractivity contribution is -0.132. The second-order valence-corrected chi connectivity index (χ2v) is 8.33. The third-order valence-electron chi connectivity index (χ3n) is 6.35. The van der Waals surface area contributed by atoms with Crippen LogP contribution in [-0.4, -0.2) is 56.1 Å². The van der Waals surface area contributed by atoms with E-state index in [-0.39, 0.29) is 5.91 Å². The first-order valence-electron chi connectivity index (χ1n) is 11.0. The van der Waals surface area contributed by atoms with Crippen molar-refractivity contribution in [2.75, 3.05) is 40.4 Å². The summed E-state index contributed by atoms with van der Waals surface area (Å²) in [6, 6.07) is 12.7. The van der Waals surface area contributed by atoms with E-state index in [2.05, 4.69) is 29.2 Å². The number of aryl methyl sites for hydroxylation is 2. The number of piperazine rings is 1. The first-order valence-corrected chi connectivity index (χ1v) is 11.0. The maximum atomic E-state index is 12.8. The molecule has 1 heterocycles. The van der Waals surface area contributed by atoms with Crippen molar-refractivity contribution < 1.29 is 14.3 Å². The molecular weight excluding hydrogens is 376 g/mol. The molecule has 0 N–H and O–H groups in total. The molecule has 1 aliphatic carbocycles. The molecule has 30 heavy (non-hydrogen) atoms. The van der Waals surface area contributed by atoms with E-state index in [0.717, 1.165) is 56.2 Å². The molecule has 5 nitrogen and oxygen atoms in total. The average Bonchev–Trinajstić information content (AvgIpc) is 2.79. The smallest absolute Gasteiger partial charge is 0.227 e. The largest absolute Gasteiger partial charge is 0.493 e. The van der Waals surface area contributed by atoms with E-state index in [1.165, 1.54) is 36.0 Å². The van der Waals surface area contributed by atoms with Gasteiger partial charge in [-0.25, -0.2) is 0 Å². The van der Waals surface area contributed by atoms with Gasteiger partial charge in [0.1, 0.15) is 0 Å². The first-order chi connectivity index (χ1) is 14.7. The van der Waals surface area contributed by atoms with Gasteiger partial charge >= 0.3 is 0 Å². The number of carbonyl (C=O) groups is 1. The van der Waals surface area contributed by atoms with Crippen LogP contribution < -0.4 is 9.47 Å². The molecule has 1 saturated heterocycles. The quantitative estimate of drug-likeness (QED) is 0.734. The Labute approximate surface area is 179 Å². The number of rotatable bonds is 6. The van der Waals surface area contributed by atoms with Crippen molar-refractivity contribution in [2.45, 2.75) is 38.6 Å². The molecule has 0 radical (unpaired) electrons. The van der Waals surface area contributed by atoms with Crippen molar-refractivity contribution in [3.63, 3.8) is 0 Å². The van der Waals surface area contributed by atoms with Crippen LogP contribution in [0.1, 0.15) is 35.1 Å². The van der Waals surface area contributed by atoms with E-state index in [1.54, 1.807) is 14.2 Å². The lowest BCUT2D eigenvalue weighted by Crippen LogP contribution is -2.48. The minimum absolute atomic E-state index is 0.247. The van der Waals surface area contributed by atoms with Crippen molar-refractivity contribution in [1.82, 2.24) is 9.80 Å². The van der Waals surface area contributed by atoms with Crippen molar-refractivity contribution in [3.8, 4) is 11.5 Å². The summed E-state index contributed by atoms with van der Waals surface area (Å²) < 4.78 is 10.7. The number of hydrogen-bond acceptors (Lipinski definition) is 4. The number of amides is 1. The maximum Gasteiger partial charge on any atom is 0.227 e. The summed E-state index contributed by atoms with van der Waals surface area (Å²) >= 11 is 0. The van der Waals surface area contributed by atoms with Gasteiger partial charge < -0.3 is 14.4 Å². The summed E-state index contributed by atoms with van der Waals surface area (Å²) in [4.78, 5) is 17.2. The number of benzene rings is 2. The van der Waals surface area contributed by atoms with Crippen LogP contribution in [0.15, 0.2) is 36.4 Å². The third kappa shape index (κ3) is 4.78. The molecule has 0 atom stereocenters. The third-order valence-corrected chi connectivity index (χ3v) is 6.35. The highest BCUT2D eigenvalue weighted by Gasteiger charge is 2.22. The predicted octanol–water partition coefficient (Wildman–Crippen LogP) is 3.47. The maximum absolute atomic E-state index is 12.8. The molecule has 1 amide bonds. The number of hydrogen-bond donors (Lipinski definition) is 0. The summed E-state index contributed by atoms with van der Waals surface area (Å²) in [6.45, 7) is 4.22. The van der Waals surface area contributed by atoms with Gasteiger partial charge in [-0.05, 0) is 60.1 Å². The van der Waals surface area contributed by atoms with E-state index in [9.17, 15) is 4.79 Å². The number of nitrogens with zero attached hydrogens (tertiary/aromatic N) is 2. The molecule has 0 bridgehead atoms. The highest BCUT2D eigenvalue weighted by Crippen LogP contribution is 2.28. The minimum Gasteiger partial charge on any atom is -0.493 e. The van der Waals surface area contributed by atoms with Gasteiger partial charge in [0.05, 0.1) is 20.6 Å². The molecule has 4 rings (SSSR count). The summed E-state index contributed by atoms with van der Waals surface area (Å²) in [5.41, 5.74) is 5.28. The number of methoxy groups -OCH3 is 2. The molecule has 0 spiro atoms. The molecule has 1 fully saturated rings. The van der Waals surface area contributed by atoms with E-state index in [0.29, 0.717) is 6.42 Å². The normalized spacial score (nSPS) is 16.8. The Morgan fingerprint density at radius 1 is 0.833 bits per heavy atom. The van der Waals surface area contributed by atoms with Gasteiger partial charge in [0.25, 0.3) is 0 Å². The Bertz CT molecular complexity index is 888. The van der Waals surface area contributed by atoms with Gasteiger partial charge in [0, 0.05) is 32.7 Å². The van der Waals surface area contributed by atoms with E-state index in [4.69, 9.17) is 9.47 Å². The van der Waals surface area contributed by atoms with E-state index < -0.39 is 0 Å². The molecule has 1 aliphatic heterocycles. The number of fused-ring (bicyclic) bond motifs is 1. The summed E-state index contributed by atoms with van der Waals surface area (Å²) in [7, 11) is 3.31. The molecule has 2 aliphatic rings. The first kappa shape index (κ1) is 20.7. The topological polar surface area (TPSA) is 42.0 Å². The number of ether oxygens (including phenoxy) is 2. The van der Waals surface area contributed by atoms with Crippen LogP contribution in [0.4, 0.5) is 0 Å². The molecule has 2 aromatic rings. The minimum atomic E-state index is 0.247. The molecule has 160 valence electrons. The zero-order valence-electron chi connectivity index (χ0n) is 18.2. The SMILES string of the molecule is COc1ccc(CN2CCN(C(=O)Cc3ccc4c(c3)CCCC4)CC2)cc1OC. The van der Waals surface area contributed by atoms with Crippen molar-refractivity contribution in [3.05, 3.63) is 58.7 Å².